The minimum absolute atomic E-state index is 0.0767. The van der Waals surface area contributed by atoms with Gasteiger partial charge in [0, 0.05) is 54.4 Å². The molecule has 1 heterocycles. The normalized spacial score (nSPS) is 11.0. The standard InChI is InChI=1S/C38H39N3O4/c1-2-3-23-41(27-28-13-5-4-6-14-28)38(45)34-19-10-8-17-32(34)31-16-7-9-18-33(31)37(44)40(25-22-36(42)43)24-21-29-26-39-35-20-12-11-15-30(29)35/h4-20,26,39H,2-3,21-25,27H2,1H3,(H,42,43). The Morgan fingerprint density at radius 1 is 0.689 bits per heavy atom. The van der Waals surface area contributed by atoms with E-state index in [-0.39, 0.29) is 24.8 Å². The van der Waals surface area contributed by atoms with Gasteiger partial charge in [0.15, 0.2) is 0 Å². The van der Waals surface area contributed by atoms with Gasteiger partial charge in [0.1, 0.15) is 0 Å². The van der Waals surface area contributed by atoms with E-state index in [9.17, 15) is 19.5 Å². The minimum Gasteiger partial charge on any atom is -0.481 e. The Balaban J connectivity index is 1.46. The summed E-state index contributed by atoms with van der Waals surface area (Å²) in [7, 11) is 0. The molecule has 0 radical (unpaired) electrons. The fourth-order valence-electron chi connectivity index (χ4n) is 5.69. The van der Waals surface area contributed by atoms with E-state index < -0.39 is 5.97 Å². The van der Waals surface area contributed by atoms with Crippen LogP contribution < -0.4 is 0 Å². The fraction of sp³-hybridized carbons (Fsp3) is 0.237. The minimum atomic E-state index is -0.963. The van der Waals surface area contributed by atoms with Crippen molar-refractivity contribution in [2.45, 2.75) is 39.2 Å². The van der Waals surface area contributed by atoms with Gasteiger partial charge in [-0.2, -0.15) is 0 Å². The number of unbranched alkanes of at least 4 members (excludes halogenated alkanes) is 1. The first-order valence-corrected chi connectivity index (χ1v) is 15.5. The topological polar surface area (TPSA) is 93.7 Å². The SMILES string of the molecule is CCCCN(Cc1ccccc1)C(=O)c1ccccc1-c1ccccc1C(=O)N(CCC(=O)O)CCc1c[nH]c2ccccc12. The third-order valence-electron chi connectivity index (χ3n) is 8.10. The number of hydrogen-bond donors (Lipinski definition) is 2. The van der Waals surface area contributed by atoms with E-state index in [1.54, 1.807) is 17.0 Å². The number of nitrogens with one attached hydrogen (secondary N) is 1. The van der Waals surface area contributed by atoms with Crippen LogP contribution in [0.3, 0.4) is 0 Å². The monoisotopic (exact) mass is 601 g/mol. The Bertz CT molecular complexity index is 1760. The van der Waals surface area contributed by atoms with Crippen LogP contribution >= 0.6 is 0 Å². The van der Waals surface area contributed by atoms with Crippen molar-refractivity contribution in [1.29, 1.82) is 0 Å². The molecule has 2 N–H and O–H groups in total. The summed E-state index contributed by atoms with van der Waals surface area (Å²) in [5, 5.41) is 10.6. The zero-order valence-electron chi connectivity index (χ0n) is 25.6. The number of carboxylic acids is 1. The van der Waals surface area contributed by atoms with Crippen LogP contribution in [0.2, 0.25) is 0 Å². The number of carbonyl (C=O) groups excluding carboxylic acids is 2. The Hall–Kier alpha value is -5.17. The van der Waals surface area contributed by atoms with Crippen molar-refractivity contribution >= 4 is 28.7 Å². The lowest BCUT2D eigenvalue weighted by Gasteiger charge is -2.26. The molecule has 45 heavy (non-hydrogen) atoms. The number of carboxylic acid groups (broad SMARTS) is 1. The Kier molecular flexibility index (Phi) is 10.4. The molecule has 1 aromatic heterocycles. The molecule has 0 bridgehead atoms. The van der Waals surface area contributed by atoms with Crippen molar-refractivity contribution in [3.63, 3.8) is 0 Å². The van der Waals surface area contributed by atoms with E-state index in [1.165, 1.54) is 0 Å². The zero-order valence-corrected chi connectivity index (χ0v) is 25.6. The number of carbonyl (C=O) groups is 3. The summed E-state index contributed by atoms with van der Waals surface area (Å²) in [5.74, 6) is -1.32. The molecule has 7 heteroatoms. The second-order valence-electron chi connectivity index (χ2n) is 11.2. The van der Waals surface area contributed by atoms with E-state index in [2.05, 4.69) is 11.9 Å². The van der Waals surface area contributed by atoms with Gasteiger partial charge in [-0.25, -0.2) is 0 Å². The molecular weight excluding hydrogens is 562 g/mol. The maximum absolute atomic E-state index is 14.2. The average Bonchev–Trinajstić information content (AvgIpc) is 3.49. The van der Waals surface area contributed by atoms with Crippen LogP contribution in [0.25, 0.3) is 22.0 Å². The molecule has 5 aromatic rings. The molecule has 7 nitrogen and oxygen atoms in total. The number of H-pyrrole nitrogens is 1. The summed E-state index contributed by atoms with van der Waals surface area (Å²) in [4.78, 5) is 46.7. The number of fused-ring (bicyclic) bond motifs is 1. The number of amides is 2. The molecule has 0 aliphatic heterocycles. The number of aliphatic carboxylic acids is 1. The Morgan fingerprint density at radius 3 is 1.96 bits per heavy atom. The van der Waals surface area contributed by atoms with E-state index in [4.69, 9.17) is 0 Å². The van der Waals surface area contributed by atoms with Crippen molar-refractivity contribution in [3.05, 3.63) is 132 Å². The van der Waals surface area contributed by atoms with Gasteiger partial charge in [-0.15, -0.1) is 0 Å². The maximum Gasteiger partial charge on any atom is 0.305 e. The summed E-state index contributed by atoms with van der Waals surface area (Å²) in [6.07, 6.45) is 4.19. The van der Waals surface area contributed by atoms with Gasteiger partial charge in [0.05, 0.1) is 6.42 Å². The predicted molar refractivity (Wildman–Crippen MR) is 178 cm³/mol. The van der Waals surface area contributed by atoms with Gasteiger partial charge in [0.2, 0.25) is 0 Å². The van der Waals surface area contributed by atoms with Crippen LogP contribution in [-0.2, 0) is 17.8 Å². The van der Waals surface area contributed by atoms with Gasteiger partial charge in [-0.1, -0.05) is 98.3 Å². The van der Waals surface area contributed by atoms with Gasteiger partial charge in [-0.3, -0.25) is 14.4 Å². The van der Waals surface area contributed by atoms with E-state index >= 15 is 0 Å². The van der Waals surface area contributed by atoms with Crippen LogP contribution in [0.5, 0.6) is 0 Å². The van der Waals surface area contributed by atoms with Crippen molar-refractivity contribution < 1.29 is 19.5 Å². The van der Waals surface area contributed by atoms with Crippen LogP contribution in [0.4, 0.5) is 0 Å². The van der Waals surface area contributed by atoms with Crippen LogP contribution in [0, 0.1) is 0 Å². The highest BCUT2D eigenvalue weighted by Crippen LogP contribution is 2.30. The van der Waals surface area contributed by atoms with Crippen molar-refractivity contribution in [1.82, 2.24) is 14.8 Å². The highest BCUT2D eigenvalue weighted by atomic mass is 16.4. The number of rotatable bonds is 14. The molecule has 4 aromatic carbocycles. The number of aromatic nitrogens is 1. The molecule has 0 fully saturated rings. The molecule has 0 atom stereocenters. The Morgan fingerprint density at radius 2 is 1.29 bits per heavy atom. The first kappa shape index (κ1) is 31.3. The molecule has 2 amide bonds. The molecular formula is C38H39N3O4. The number of hydrogen-bond acceptors (Lipinski definition) is 3. The Labute approximate surface area is 264 Å². The van der Waals surface area contributed by atoms with Crippen LogP contribution in [0.15, 0.2) is 109 Å². The molecule has 0 aliphatic carbocycles. The third kappa shape index (κ3) is 7.68. The van der Waals surface area contributed by atoms with Crippen molar-refractivity contribution in [2.24, 2.45) is 0 Å². The highest BCUT2D eigenvalue weighted by molar-refractivity contribution is 6.06. The summed E-state index contributed by atoms with van der Waals surface area (Å²) >= 11 is 0. The number of aromatic amines is 1. The number of nitrogens with zero attached hydrogens (tertiary/aromatic N) is 2. The van der Waals surface area contributed by atoms with E-state index in [1.807, 2.05) is 102 Å². The average molecular weight is 602 g/mol. The first-order valence-electron chi connectivity index (χ1n) is 15.5. The lowest BCUT2D eigenvalue weighted by molar-refractivity contribution is -0.137. The number of para-hydroxylation sites is 1. The maximum atomic E-state index is 14.2. The number of benzene rings is 4. The third-order valence-corrected chi connectivity index (χ3v) is 8.10. The van der Waals surface area contributed by atoms with Crippen LogP contribution in [-0.4, -0.2) is 57.3 Å². The molecule has 0 saturated heterocycles. The lowest BCUT2D eigenvalue weighted by Crippen LogP contribution is -2.35. The molecule has 0 aliphatic rings. The van der Waals surface area contributed by atoms with Crippen molar-refractivity contribution in [3.8, 4) is 11.1 Å². The van der Waals surface area contributed by atoms with E-state index in [0.29, 0.717) is 48.3 Å². The van der Waals surface area contributed by atoms with Gasteiger partial charge < -0.3 is 19.9 Å². The van der Waals surface area contributed by atoms with E-state index in [0.717, 1.165) is 34.9 Å². The molecule has 0 spiro atoms. The van der Waals surface area contributed by atoms with Gasteiger partial charge in [-0.05, 0) is 53.3 Å². The molecule has 5 rings (SSSR count). The molecule has 0 unspecified atom stereocenters. The second kappa shape index (κ2) is 15.0. The summed E-state index contributed by atoms with van der Waals surface area (Å²) in [6, 6.07) is 32.7. The summed E-state index contributed by atoms with van der Waals surface area (Å²) in [6.45, 7) is 3.65. The summed E-state index contributed by atoms with van der Waals surface area (Å²) in [5.41, 5.74) is 5.42. The van der Waals surface area contributed by atoms with Gasteiger partial charge >= 0.3 is 5.97 Å². The van der Waals surface area contributed by atoms with Crippen molar-refractivity contribution in [2.75, 3.05) is 19.6 Å². The first-order chi connectivity index (χ1) is 22.0. The second-order valence-corrected chi connectivity index (χ2v) is 11.2. The summed E-state index contributed by atoms with van der Waals surface area (Å²) < 4.78 is 0. The van der Waals surface area contributed by atoms with Gasteiger partial charge in [0.25, 0.3) is 11.8 Å². The predicted octanol–water partition coefficient (Wildman–Crippen LogP) is 7.44. The quantitative estimate of drug-likeness (QED) is 0.138. The zero-order chi connectivity index (χ0) is 31.6. The fourth-order valence-corrected chi connectivity index (χ4v) is 5.69. The smallest absolute Gasteiger partial charge is 0.305 e. The van der Waals surface area contributed by atoms with Crippen LogP contribution in [0.1, 0.15) is 58.0 Å². The highest BCUT2D eigenvalue weighted by Gasteiger charge is 2.25. The molecule has 230 valence electrons. The lowest BCUT2D eigenvalue weighted by atomic mass is 9.93. The molecule has 0 saturated carbocycles. The largest absolute Gasteiger partial charge is 0.481 e.